The number of likely N-dealkylation sites (tertiary alicyclic amines) is 1. The summed E-state index contributed by atoms with van der Waals surface area (Å²) in [5.74, 6) is 1.14. The maximum atomic E-state index is 12.2. The van der Waals surface area contributed by atoms with Crippen molar-refractivity contribution in [2.45, 2.75) is 51.4 Å². The molecule has 2 fully saturated rings. The minimum atomic E-state index is -2.78. The zero-order valence-corrected chi connectivity index (χ0v) is 13.5. The van der Waals surface area contributed by atoms with Gasteiger partial charge in [0.2, 0.25) is 0 Å². The Balaban J connectivity index is 1.61. The van der Waals surface area contributed by atoms with E-state index >= 15 is 0 Å². The summed E-state index contributed by atoms with van der Waals surface area (Å²) in [5, 5.41) is 10.8. The van der Waals surface area contributed by atoms with Gasteiger partial charge in [0.1, 0.15) is 5.75 Å². The second-order valence-electron chi connectivity index (χ2n) is 6.93. The number of alkyl halides is 2. The first kappa shape index (κ1) is 16.7. The summed E-state index contributed by atoms with van der Waals surface area (Å²) in [6.45, 7) is 2.02. The Morgan fingerprint density at radius 2 is 2.04 bits per heavy atom. The van der Waals surface area contributed by atoms with Crippen LogP contribution in [0, 0.1) is 11.8 Å². The maximum Gasteiger partial charge on any atom is 0.387 e. The molecule has 1 saturated heterocycles. The minimum Gasteiger partial charge on any atom is -0.435 e. The normalized spacial score (nSPS) is 31.3. The third-order valence-corrected chi connectivity index (χ3v) is 5.56. The van der Waals surface area contributed by atoms with Crippen molar-refractivity contribution in [3.63, 3.8) is 0 Å². The number of ether oxygens (including phenoxy) is 1. The third kappa shape index (κ3) is 3.66. The molecule has 1 aliphatic heterocycles. The third-order valence-electron chi connectivity index (χ3n) is 5.56. The maximum absolute atomic E-state index is 12.2. The van der Waals surface area contributed by atoms with Gasteiger partial charge in [-0.15, -0.1) is 0 Å². The van der Waals surface area contributed by atoms with Crippen LogP contribution in [-0.2, 0) is 6.54 Å². The van der Waals surface area contributed by atoms with Gasteiger partial charge in [0, 0.05) is 25.6 Å². The van der Waals surface area contributed by atoms with Crippen LogP contribution in [0.2, 0.25) is 0 Å². The molecule has 23 heavy (non-hydrogen) atoms. The predicted octanol–water partition coefficient (Wildman–Crippen LogP) is 3.66. The topological polar surface area (TPSA) is 32.7 Å². The first-order valence-electron chi connectivity index (χ1n) is 8.48. The predicted molar refractivity (Wildman–Crippen MR) is 84.4 cm³/mol. The molecule has 3 nitrogen and oxygen atoms in total. The summed E-state index contributed by atoms with van der Waals surface area (Å²) < 4.78 is 28.7. The van der Waals surface area contributed by atoms with E-state index in [4.69, 9.17) is 0 Å². The zero-order valence-electron chi connectivity index (χ0n) is 13.5. The summed E-state index contributed by atoms with van der Waals surface area (Å²) >= 11 is 0. The molecule has 3 atom stereocenters. The van der Waals surface area contributed by atoms with Crippen LogP contribution in [0.1, 0.15) is 38.2 Å². The van der Waals surface area contributed by atoms with Gasteiger partial charge in [0.05, 0.1) is 5.60 Å². The van der Waals surface area contributed by atoms with Crippen molar-refractivity contribution in [3.8, 4) is 5.75 Å². The van der Waals surface area contributed by atoms with Crippen LogP contribution in [-0.4, -0.2) is 35.3 Å². The molecule has 1 aliphatic carbocycles. The average molecular weight is 325 g/mol. The molecule has 1 heterocycles. The molecule has 1 N–H and O–H groups in total. The lowest BCUT2D eigenvalue weighted by atomic mass is 9.69. The van der Waals surface area contributed by atoms with Gasteiger partial charge in [-0.05, 0) is 42.9 Å². The quantitative estimate of drug-likeness (QED) is 0.897. The Morgan fingerprint density at radius 1 is 1.30 bits per heavy atom. The second kappa shape index (κ2) is 6.73. The molecule has 0 aromatic heterocycles. The van der Waals surface area contributed by atoms with Crippen LogP contribution >= 0.6 is 0 Å². The van der Waals surface area contributed by atoms with Gasteiger partial charge in [-0.2, -0.15) is 8.78 Å². The zero-order chi connectivity index (χ0) is 16.4. The molecule has 1 saturated carbocycles. The monoisotopic (exact) mass is 325 g/mol. The van der Waals surface area contributed by atoms with Crippen molar-refractivity contribution in [2.75, 3.05) is 13.1 Å². The number of fused-ring (bicyclic) bond motifs is 1. The van der Waals surface area contributed by atoms with Gasteiger partial charge in [0.25, 0.3) is 0 Å². The molecule has 3 rings (SSSR count). The lowest BCUT2D eigenvalue weighted by molar-refractivity contribution is -0.0613. The van der Waals surface area contributed by atoms with E-state index in [1.165, 1.54) is 6.42 Å². The number of nitrogens with zero attached hydrogens (tertiary/aromatic N) is 1. The highest BCUT2D eigenvalue weighted by Crippen LogP contribution is 2.44. The standard InChI is InChI=1S/C18H25F2NO2/c1-2-18(22)9-3-4-14-11-21(12-16(14)18)10-13-5-7-15(8-6-13)23-17(19)20/h5-8,14,16-17,22H,2-4,9-12H2,1H3/t14-,16+,18-/m1/s1. The van der Waals surface area contributed by atoms with E-state index < -0.39 is 12.2 Å². The Bertz CT molecular complexity index is 522. The largest absolute Gasteiger partial charge is 0.435 e. The van der Waals surface area contributed by atoms with Crippen LogP contribution < -0.4 is 4.74 Å². The van der Waals surface area contributed by atoms with E-state index in [1.54, 1.807) is 12.1 Å². The smallest absolute Gasteiger partial charge is 0.387 e. The van der Waals surface area contributed by atoms with Gasteiger partial charge in [-0.1, -0.05) is 25.5 Å². The van der Waals surface area contributed by atoms with Crippen LogP contribution in [0.5, 0.6) is 5.75 Å². The number of hydrogen-bond donors (Lipinski definition) is 1. The molecule has 2 aliphatic rings. The lowest BCUT2D eigenvalue weighted by Gasteiger charge is -2.40. The van der Waals surface area contributed by atoms with Crippen molar-refractivity contribution in [1.82, 2.24) is 4.90 Å². The van der Waals surface area contributed by atoms with Crippen molar-refractivity contribution < 1.29 is 18.6 Å². The molecule has 1 aromatic carbocycles. The SMILES string of the molecule is CC[C@@]1(O)CCC[C@@H]2CN(Cc3ccc(OC(F)F)cc3)C[C@@H]21. The number of aliphatic hydroxyl groups is 1. The summed E-state index contributed by atoms with van der Waals surface area (Å²) in [4.78, 5) is 2.38. The number of halogens is 2. The van der Waals surface area contributed by atoms with E-state index in [2.05, 4.69) is 16.6 Å². The molecule has 0 bridgehead atoms. The van der Waals surface area contributed by atoms with Gasteiger partial charge >= 0.3 is 6.61 Å². The fourth-order valence-electron chi connectivity index (χ4n) is 4.32. The van der Waals surface area contributed by atoms with Gasteiger partial charge < -0.3 is 9.84 Å². The van der Waals surface area contributed by atoms with Crippen molar-refractivity contribution in [1.29, 1.82) is 0 Å². The Labute approximate surface area is 136 Å². The molecular weight excluding hydrogens is 300 g/mol. The average Bonchev–Trinajstić information content (AvgIpc) is 2.93. The van der Waals surface area contributed by atoms with Crippen LogP contribution in [0.4, 0.5) is 8.78 Å². The van der Waals surface area contributed by atoms with Gasteiger partial charge in [0.15, 0.2) is 0 Å². The first-order chi connectivity index (χ1) is 11.0. The van der Waals surface area contributed by atoms with Gasteiger partial charge in [-0.3, -0.25) is 4.90 Å². The highest BCUT2D eigenvalue weighted by molar-refractivity contribution is 5.27. The molecule has 0 radical (unpaired) electrons. The van der Waals surface area contributed by atoms with E-state index in [9.17, 15) is 13.9 Å². The molecule has 5 heteroatoms. The summed E-state index contributed by atoms with van der Waals surface area (Å²) in [7, 11) is 0. The number of rotatable bonds is 5. The van der Waals surface area contributed by atoms with Crippen molar-refractivity contribution in [3.05, 3.63) is 29.8 Å². The summed E-state index contributed by atoms with van der Waals surface area (Å²) in [6.07, 6.45) is 4.05. The lowest BCUT2D eigenvalue weighted by Crippen LogP contribution is -2.44. The molecule has 0 spiro atoms. The first-order valence-corrected chi connectivity index (χ1v) is 8.48. The Kier molecular flexibility index (Phi) is 4.87. The van der Waals surface area contributed by atoms with E-state index in [0.29, 0.717) is 11.8 Å². The number of hydrogen-bond acceptors (Lipinski definition) is 3. The molecule has 128 valence electrons. The highest BCUT2D eigenvalue weighted by Gasteiger charge is 2.47. The van der Waals surface area contributed by atoms with Crippen LogP contribution in [0.25, 0.3) is 0 Å². The second-order valence-corrected chi connectivity index (χ2v) is 6.93. The van der Waals surface area contributed by atoms with E-state index in [0.717, 1.165) is 44.5 Å². The Morgan fingerprint density at radius 3 is 2.70 bits per heavy atom. The summed E-state index contributed by atoms with van der Waals surface area (Å²) in [5.41, 5.74) is 0.581. The van der Waals surface area contributed by atoms with Crippen LogP contribution in [0.15, 0.2) is 24.3 Å². The minimum absolute atomic E-state index is 0.194. The molecule has 0 amide bonds. The fraction of sp³-hybridized carbons (Fsp3) is 0.667. The number of benzene rings is 1. The fourth-order valence-corrected chi connectivity index (χ4v) is 4.32. The van der Waals surface area contributed by atoms with Gasteiger partial charge in [-0.25, -0.2) is 0 Å². The van der Waals surface area contributed by atoms with E-state index in [-0.39, 0.29) is 5.75 Å². The summed E-state index contributed by atoms with van der Waals surface area (Å²) in [6, 6.07) is 6.86. The molecular formula is C18H25F2NO2. The van der Waals surface area contributed by atoms with E-state index in [1.807, 2.05) is 12.1 Å². The molecule has 0 unspecified atom stereocenters. The van der Waals surface area contributed by atoms with Crippen molar-refractivity contribution >= 4 is 0 Å². The van der Waals surface area contributed by atoms with Crippen LogP contribution in [0.3, 0.4) is 0 Å². The van der Waals surface area contributed by atoms with Crippen molar-refractivity contribution in [2.24, 2.45) is 11.8 Å². The molecule has 1 aromatic rings. The highest BCUT2D eigenvalue weighted by atomic mass is 19.3. The Hall–Kier alpha value is -1.20.